The van der Waals surface area contributed by atoms with Crippen molar-refractivity contribution in [2.75, 3.05) is 11.4 Å². The Labute approximate surface area is 153 Å². The lowest BCUT2D eigenvalue weighted by atomic mass is 10.1. The molecule has 3 aromatic rings. The first-order valence-electron chi connectivity index (χ1n) is 8.64. The van der Waals surface area contributed by atoms with Gasteiger partial charge in [-0.2, -0.15) is 0 Å². The lowest BCUT2D eigenvalue weighted by Crippen LogP contribution is -2.30. The molecule has 0 saturated carbocycles. The van der Waals surface area contributed by atoms with E-state index in [1.165, 1.54) is 0 Å². The van der Waals surface area contributed by atoms with Crippen molar-refractivity contribution in [3.63, 3.8) is 0 Å². The maximum atomic E-state index is 9.90. The van der Waals surface area contributed by atoms with Crippen molar-refractivity contribution >= 4 is 5.69 Å². The summed E-state index contributed by atoms with van der Waals surface area (Å²) in [4.78, 5) is 2.07. The first-order valence-corrected chi connectivity index (χ1v) is 8.64. The number of aliphatic hydroxyl groups is 1. The first-order chi connectivity index (χ1) is 12.6. The second-order valence-corrected chi connectivity index (χ2v) is 6.31. The van der Waals surface area contributed by atoms with E-state index in [0.717, 1.165) is 22.7 Å². The molecule has 0 heterocycles. The van der Waals surface area contributed by atoms with Crippen molar-refractivity contribution in [3.05, 3.63) is 84.4 Å². The number of rotatable bonds is 7. The molecule has 0 saturated heterocycles. The van der Waals surface area contributed by atoms with Gasteiger partial charge in [0.2, 0.25) is 0 Å². The molecule has 0 unspecified atom stereocenters. The summed E-state index contributed by atoms with van der Waals surface area (Å²) in [5.74, 6) is 1.75. The molecule has 4 nitrogen and oxygen atoms in total. The van der Waals surface area contributed by atoms with Gasteiger partial charge in [-0.3, -0.25) is 0 Å². The van der Waals surface area contributed by atoms with Crippen LogP contribution in [0.4, 0.5) is 5.69 Å². The molecule has 134 valence electrons. The number of hydrogen-bond acceptors (Lipinski definition) is 4. The van der Waals surface area contributed by atoms with Crippen LogP contribution >= 0.6 is 0 Å². The minimum Gasteiger partial charge on any atom is -0.508 e. The molecule has 0 fully saturated rings. The van der Waals surface area contributed by atoms with Gasteiger partial charge in [0.15, 0.2) is 0 Å². The van der Waals surface area contributed by atoms with E-state index in [2.05, 4.69) is 4.90 Å². The van der Waals surface area contributed by atoms with Crippen molar-refractivity contribution in [1.29, 1.82) is 0 Å². The third-order valence-corrected chi connectivity index (χ3v) is 3.93. The molecule has 0 aliphatic heterocycles. The Bertz CT molecular complexity index is 834. The smallest absolute Gasteiger partial charge is 0.129 e. The van der Waals surface area contributed by atoms with Crippen LogP contribution in [0.3, 0.4) is 0 Å². The molecule has 4 heteroatoms. The molecule has 26 heavy (non-hydrogen) atoms. The fourth-order valence-corrected chi connectivity index (χ4v) is 2.82. The average molecular weight is 349 g/mol. The Balaban J connectivity index is 1.83. The number of nitrogens with zero attached hydrogens (tertiary/aromatic N) is 1. The SMILES string of the molecule is C[C@H](O)CN(Cc1cccc(O)c1)c1cccc(Oc2ccccc2)c1. The van der Waals surface area contributed by atoms with Gasteiger partial charge in [0.25, 0.3) is 0 Å². The summed E-state index contributed by atoms with van der Waals surface area (Å²) in [6, 6.07) is 24.6. The number of hydrogen-bond donors (Lipinski definition) is 2. The fraction of sp³-hybridized carbons (Fsp3) is 0.182. The minimum absolute atomic E-state index is 0.237. The number of aliphatic hydroxyl groups excluding tert-OH is 1. The summed E-state index contributed by atoms with van der Waals surface area (Å²) in [5, 5.41) is 19.6. The zero-order valence-electron chi connectivity index (χ0n) is 14.7. The first kappa shape index (κ1) is 17.8. The number of ether oxygens (including phenoxy) is 1. The van der Waals surface area contributed by atoms with E-state index >= 15 is 0 Å². The van der Waals surface area contributed by atoms with Crippen LogP contribution in [0, 0.1) is 0 Å². The summed E-state index contributed by atoms with van der Waals surface area (Å²) in [6.07, 6.45) is -0.481. The lowest BCUT2D eigenvalue weighted by Gasteiger charge is -2.27. The Kier molecular flexibility index (Phi) is 5.77. The van der Waals surface area contributed by atoms with Crippen molar-refractivity contribution in [3.8, 4) is 17.2 Å². The second-order valence-electron chi connectivity index (χ2n) is 6.31. The molecular formula is C22H23NO3. The molecule has 3 rings (SSSR count). The zero-order valence-corrected chi connectivity index (χ0v) is 14.7. The van der Waals surface area contributed by atoms with Gasteiger partial charge < -0.3 is 19.8 Å². The van der Waals surface area contributed by atoms with Gasteiger partial charge in [0.05, 0.1) is 6.10 Å². The van der Waals surface area contributed by atoms with Gasteiger partial charge in [0, 0.05) is 24.8 Å². The predicted octanol–water partition coefficient (Wildman–Crippen LogP) is 4.57. The highest BCUT2D eigenvalue weighted by atomic mass is 16.5. The molecule has 0 aliphatic carbocycles. The van der Waals surface area contributed by atoms with Crippen LogP contribution in [-0.2, 0) is 6.54 Å². The average Bonchev–Trinajstić information content (AvgIpc) is 2.62. The van der Waals surface area contributed by atoms with Gasteiger partial charge in [-0.1, -0.05) is 36.4 Å². The van der Waals surface area contributed by atoms with Gasteiger partial charge in [0.1, 0.15) is 17.2 Å². The normalized spacial score (nSPS) is 11.8. The standard InChI is InChI=1S/C22H23NO3/c1-17(24)15-23(16-18-7-5-9-20(25)13-18)19-8-6-12-22(14-19)26-21-10-3-2-4-11-21/h2-14,17,24-25H,15-16H2,1H3/t17-/m0/s1. The summed E-state index contributed by atoms with van der Waals surface area (Å²) in [7, 11) is 0. The maximum Gasteiger partial charge on any atom is 0.129 e. The number of phenolic OH excluding ortho intramolecular Hbond substituents is 1. The van der Waals surface area contributed by atoms with Gasteiger partial charge in [-0.25, -0.2) is 0 Å². The van der Waals surface area contributed by atoms with Crippen molar-refractivity contribution < 1.29 is 14.9 Å². The van der Waals surface area contributed by atoms with E-state index in [4.69, 9.17) is 4.74 Å². The van der Waals surface area contributed by atoms with Crippen LogP contribution < -0.4 is 9.64 Å². The molecule has 0 radical (unpaired) electrons. The van der Waals surface area contributed by atoms with Crippen LogP contribution in [0.15, 0.2) is 78.9 Å². The topological polar surface area (TPSA) is 52.9 Å². The van der Waals surface area contributed by atoms with E-state index < -0.39 is 6.10 Å². The van der Waals surface area contributed by atoms with Crippen LogP contribution in [0.5, 0.6) is 17.2 Å². The molecule has 0 amide bonds. The highest BCUT2D eigenvalue weighted by Crippen LogP contribution is 2.27. The van der Waals surface area contributed by atoms with Crippen molar-refractivity contribution in [1.82, 2.24) is 0 Å². The largest absolute Gasteiger partial charge is 0.508 e. The van der Waals surface area contributed by atoms with Gasteiger partial charge in [-0.15, -0.1) is 0 Å². The highest BCUT2D eigenvalue weighted by Gasteiger charge is 2.12. The Hall–Kier alpha value is -2.98. The molecule has 1 atom stereocenters. The van der Waals surface area contributed by atoms with E-state index in [1.807, 2.05) is 66.7 Å². The van der Waals surface area contributed by atoms with E-state index in [1.54, 1.807) is 19.1 Å². The molecule has 0 spiro atoms. The van der Waals surface area contributed by atoms with E-state index in [-0.39, 0.29) is 5.75 Å². The van der Waals surface area contributed by atoms with Crippen LogP contribution in [0.1, 0.15) is 12.5 Å². The quantitative estimate of drug-likeness (QED) is 0.656. The molecular weight excluding hydrogens is 326 g/mol. The Morgan fingerprint density at radius 1 is 0.885 bits per heavy atom. The molecule has 0 aromatic heterocycles. The summed E-state index contributed by atoms with van der Waals surface area (Å²) in [5.41, 5.74) is 1.92. The summed E-state index contributed by atoms with van der Waals surface area (Å²) in [6.45, 7) is 2.82. The number of para-hydroxylation sites is 1. The summed E-state index contributed by atoms with van der Waals surface area (Å²) < 4.78 is 5.91. The van der Waals surface area contributed by atoms with E-state index in [0.29, 0.717) is 13.1 Å². The third kappa shape index (κ3) is 5.01. The Morgan fingerprint density at radius 2 is 1.62 bits per heavy atom. The van der Waals surface area contributed by atoms with Crippen LogP contribution in [0.2, 0.25) is 0 Å². The molecule has 2 N–H and O–H groups in total. The molecule has 0 bridgehead atoms. The molecule has 0 aliphatic rings. The summed E-state index contributed by atoms with van der Waals surface area (Å²) >= 11 is 0. The van der Waals surface area contributed by atoms with E-state index in [9.17, 15) is 10.2 Å². The minimum atomic E-state index is -0.481. The zero-order chi connectivity index (χ0) is 18.4. The highest BCUT2D eigenvalue weighted by molar-refractivity contribution is 5.52. The number of phenols is 1. The maximum absolute atomic E-state index is 9.90. The number of benzene rings is 3. The Morgan fingerprint density at radius 3 is 2.35 bits per heavy atom. The number of aromatic hydroxyl groups is 1. The monoisotopic (exact) mass is 349 g/mol. The van der Waals surface area contributed by atoms with Gasteiger partial charge >= 0.3 is 0 Å². The third-order valence-electron chi connectivity index (χ3n) is 3.93. The lowest BCUT2D eigenvalue weighted by molar-refractivity contribution is 0.199. The van der Waals surface area contributed by atoms with Crippen molar-refractivity contribution in [2.45, 2.75) is 19.6 Å². The molecule has 3 aromatic carbocycles. The van der Waals surface area contributed by atoms with Crippen LogP contribution in [0.25, 0.3) is 0 Å². The fourth-order valence-electron chi connectivity index (χ4n) is 2.82. The van der Waals surface area contributed by atoms with Crippen molar-refractivity contribution in [2.24, 2.45) is 0 Å². The second kappa shape index (κ2) is 8.41. The predicted molar refractivity (Wildman–Crippen MR) is 104 cm³/mol. The number of anilines is 1. The van der Waals surface area contributed by atoms with Gasteiger partial charge in [-0.05, 0) is 48.9 Å². The van der Waals surface area contributed by atoms with Crippen LogP contribution in [-0.4, -0.2) is 22.9 Å².